The molecule has 0 amide bonds. The van der Waals surface area contributed by atoms with Crippen LogP contribution in [0.3, 0.4) is 0 Å². The molecule has 0 radical (unpaired) electrons. The van der Waals surface area contributed by atoms with Gasteiger partial charge in [0.2, 0.25) is 0 Å². The number of esters is 2. The number of hydrogen-bond donors (Lipinski definition) is 1. The molecular weight excluding hydrogens is 843 g/mol. The van der Waals surface area contributed by atoms with Crippen molar-refractivity contribution in [1.82, 2.24) is 19.9 Å². The third-order valence-electron chi connectivity index (χ3n) is 10.5. The summed E-state index contributed by atoms with van der Waals surface area (Å²) in [6.07, 6.45) is 11.7. The van der Waals surface area contributed by atoms with Crippen molar-refractivity contribution in [3.8, 4) is 11.5 Å². The number of carbonyl (C=O) groups excluding carboxylic acids is 2. The first-order chi connectivity index (χ1) is 30.1. The Balaban J connectivity index is 0.000000272. The van der Waals surface area contributed by atoms with E-state index in [-0.39, 0.29) is 28.0 Å². The molecule has 2 atom stereocenters. The van der Waals surface area contributed by atoms with Gasteiger partial charge in [0, 0.05) is 17.8 Å². The monoisotopic (exact) mass is 897 g/mol. The number of rotatable bonds is 18. The van der Waals surface area contributed by atoms with Crippen molar-refractivity contribution in [2.24, 2.45) is 32.3 Å². The molecular formula is C48H55N8NiO6+. The van der Waals surface area contributed by atoms with Gasteiger partial charge in [-0.2, -0.15) is 0 Å². The van der Waals surface area contributed by atoms with Gasteiger partial charge in [0.25, 0.3) is 0 Å². The van der Waals surface area contributed by atoms with Gasteiger partial charge in [-0.25, -0.2) is 29.5 Å². The van der Waals surface area contributed by atoms with E-state index in [1.54, 1.807) is 74.8 Å². The molecule has 0 saturated carbocycles. The fourth-order valence-electron chi connectivity index (χ4n) is 6.58. The standard InChI is InChI=1S/2C24H28N4O3.Ni/c2*1-4-6-9-17(5-2)15-31-24(30)18-14-19-21(29)12-11-20(23(19)26-16(18)3)27-28-22-10-7-8-13-25-22;/h2*7-8,10-14,17,29H,4-6,9,15H2,1-3H3;/q;;+2/p-1. The fraction of sp³-hybridized carbons (Fsp3) is 0.375. The van der Waals surface area contributed by atoms with Crippen LogP contribution in [-0.2, 0) is 26.0 Å². The Morgan fingerprint density at radius 1 is 0.651 bits per heavy atom. The molecule has 0 aliphatic carbocycles. The van der Waals surface area contributed by atoms with Crippen molar-refractivity contribution >= 4 is 56.8 Å². The molecule has 14 nitrogen and oxygen atoms in total. The van der Waals surface area contributed by atoms with Gasteiger partial charge in [0.05, 0.1) is 41.2 Å². The van der Waals surface area contributed by atoms with E-state index in [9.17, 15) is 19.8 Å². The van der Waals surface area contributed by atoms with Crippen LogP contribution in [0.2, 0.25) is 0 Å². The second-order valence-electron chi connectivity index (χ2n) is 15.0. The average Bonchev–Trinajstić information content (AvgIpc) is 3.29. The van der Waals surface area contributed by atoms with Crippen LogP contribution in [0.4, 0.5) is 23.0 Å². The number of azo groups is 2. The molecule has 6 rings (SSSR count). The molecule has 15 heteroatoms. The zero-order chi connectivity index (χ0) is 44.4. The maximum absolute atomic E-state index is 12.7. The number of phenolic OH excluding ortho intramolecular Hbond substituents is 1. The summed E-state index contributed by atoms with van der Waals surface area (Å²) < 4.78 is 11.1. The second-order valence-corrected chi connectivity index (χ2v) is 15.0. The van der Waals surface area contributed by atoms with Crippen LogP contribution in [0, 0.1) is 25.7 Å². The van der Waals surface area contributed by atoms with Crippen LogP contribution in [0.5, 0.6) is 11.5 Å². The molecule has 2 unspecified atom stereocenters. The molecule has 0 spiro atoms. The number of ether oxygens (including phenoxy) is 2. The van der Waals surface area contributed by atoms with Crippen molar-refractivity contribution < 1.29 is 45.8 Å². The quantitative estimate of drug-likeness (QED) is 0.0492. The van der Waals surface area contributed by atoms with Gasteiger partial charge in [-0.05, 0) is 98.5 Å². The van der Waals surface area contributed by atoms with Crippen molar-refractivity contribution in [3.05, 3.63) is 108 Å². The summed E-state index contributed by atoms with van der Waals surface area (Å²) >= 11 is 0. The number of aromatic hydroxyl groups is 1. The van der Waals surface area contributed by atoms with E-state index in [0.29, 0.717) is 92.4 Å². The summed E-state index contributed by atoms with van der Waals surface area (Å²) in [4.78, 5) is 42.7. The summed E-state index contributed by atoms with van der Waals surface area (Å²) in [5.41, 5.74) is 3.42. The maximum atomic E-state index is 12.7. The first-order valence-corrected chi connectivity index (χ1v) is 21.3. The Morgan fingerprint density at radius 2 is 1.11 bits per heavy atom. The normalized spacial score (nSPS) is 12.2. The van der Waals surface area contributed by atoms with Gasteiger partial charge in [-0.15, -0.1) is 20.5 Å². The summed E-state index contributed by atoms with van der Waals surface area (Å²) in [5.74, 6) is 0.506. The number of fused-ring (bicyclic) bond motifs is 2. The van der Waals surface area contributed by atoms with Crippen LogP contribution in [0.15, 0.2) is 106 Å². The number of carbonyl (C=O) groups is 2. The van der Waals surface area contributed by atoms with E-state index in [1.807, 2.05) is 12.1 Å². The molecule has 2 aromatic carbocycles. The molecule has 6 aromatic rings. The molecule has 332 valence electrons. The zero-order valence-corrected chi connectivity index (χ0v) is 37.7. The number of aryl methyl sites for hydroxylation is 2. The van der Waals surface area contributed by atoms with Crippen molar-refractivity contribution in [3.63, 3.8) is 0 Å². The topological polar surface area (TPSA) is 197 Å². The summed E-state index contributed by atoms with van der Waals surface area (Å²) in [7, 11) is 0. The predicted molar refractivity (Wildman–Crippen MR) is 238 cm³/mol. The van der Waals surface area contributed by atoms with Crippen molar-refractivity contribution in [2.75, 3.05) is 13.2 Å². The number of benzene rings is 2. The largest absolute Gasteiger partial charge is 2.00 e. The van der Waals surface area contributed by atoms with Gasteiger partial charge >= 0.3 is 28.4 Å². The smallest absolute Gasteiger partial charge is 0.872 e. The Labute approximate surface area is 378 Å². The van der Waals surface area contributed by atoms with Crippen LogP contribution >= 0.6 is 0 Å². The van der Waals surface area contributed by atoms with Gasteiger partial charge in [0.15, 0.2) is 11.6 Å². The molecule has 4 aromatic heterocycles. The minimum atomic E-state index is -0.457. The summed E-state index contributed by atoms with van der Waals surface area (Å²) in [6.45, 7) is 12.7. The summed E-state index contributed by atoms with van der Waals surface area (Å²) in [5, 5.41) is 40.2. The number of phenols is 1. The van der Waals surface area contributed by atoms with E-state index < -0.39 is 11.9 Å². The van der Waals surface area contributed by atoms with E-state index in [1.165, 1.54) is 12.1 Å². The Morgan fingerprint density at radius 3 is 1.56 bits per heavy atom. The van der Waals surface area contributed by atoms with Gasteiger partial charge in [-0.1, -0.05) is 90.2 Å². The molecule has 63 heavy (non-hydrogen) atoms. The van der Waals surface area contributed by atoms with Crippen LogP contribution < -0.4 is 5.11 Å². The molecule has 0 saturated heterocycles. The predicted octanol–water partition coefficient (Wildman–Crippen LogP) is 12.2. The van der Waals surface area contributed by atoms with Gasteiger partial charge in [-0.3, -0.25) is 0 Å². The van der Waals surface area contributed by atoms with Crippen LogP contribution in [0.1, 0.15) is 111 Å². The van der Waals surface area contributed by atoms with Crippen molar-refractivity contribution in [1.29, 1.82) is 0 Å². The van der Waals surface area contributed by atoms with Crippen molar-refractivity contribution in [2.45, 2.75) is 92.9 Å². The summed E-state index contributed by atoms with van der Waals surface area (Å²) in [6, 6.07) is 20.0. The molecule has 0 aliphatic heterocycles. The number of nitrogens with zero attached hydrogens (tertiary/aromatic N) is 8. The Hall–Kier alpha value is -6.21. The molecule has 0 aliphatic rings. The first-order valence-electron chi connectivity index (χ1n) is 21.3. The fourth-order valence-corrected chi connectivity index (χ4v) is 6.58. The molecule has 1 N–H and O–H groups in total. The van der Waals surface area contributed by atoms with Gasteiger partial charge in [0.1, 0.15) is 22.6 Å². The maximum Gasteiger partial charge on any atom is 2.00 e. The average molecular weight is 899 g/mol. The Bertz CT molecular complexity index is 2310. The second kappa shape index (κ2) is 25.0. The molecule has 4 heterocycles. The van der Waals surface area contributed by atoms with E-state index in [4.69, 9.17) is 9.47 Å². The van der Waals surface area contributed by atoms with E-state index >= 15 is 0 Å². The van der Waals surface area contributed by atoms with Crippen LogP contribution in [0.25, 0.3) is 21.8 Å². The number of unbranched alkanes of at least 4 members (excludes halogenated alkanes) is 2. The number of aromatic nitrogens is 4. The molecule has 0 fully saturated rings. The number of hydrogen-bond acceptors (Lipinski definition) is 14. The number of pyridine rings is 4. The third kappa shape index (κ3) is 13.9. The third-order valence-corrected chi connectivity index (χ3v) is 10.5. The van der Waals surface area contributed by atoms with E-state index in [0.717, 1.165) is 51.4 Å². The first kappa shape index (κ1) is 49.4. The van der Waals surface area contributed by atoms with Gasteiger partial charge < -0.3 is 19.7 Å². The van der Waals surface area contributed by atoms with Crippen LogP contribution in [-0.4, -0.2) is 50.2 Å². The zero-order valence-electron chi connectivity index (χ0n) is 36.7. The SMILES string of the molecule is CCCCC(CC)COC(=O)c1cc2c(O)ccc(N=Nc3ccccn3)c2nc1C.CCCCC(CC)COC(=O)c1cc2c([O-])ccc(N=Nc3ccccn3)c2nc1C.[Ni+2]. The minimum absolute atomic E-state index is 0. The Kier molecular flexibility index (Phi) is 19.7. The van der Waals surface area contributed by atoms with E-state index in [2.05, 4.69) is 68.1 Å². The minimum Gasteiger partial charge on any atom is -0.872 e. The molecule has 0 bridgehead atoms.